The molecule has 12 heteroatoms. The van der Waals surface area contributed by atoms with Crippen LogP contribution in [0.25, 0.3) is 16.6 Å². The second-order valence-corrected chi connectivity index (χ2v) is 13.2. The SMILES string of the molecule is CCCCOC(=O)NN1CCc2cc(-c3cc4cc(C(=O)NCc5c(C)cc(C)[nH]c5=O)c(C)c(C(C)N5CCOCC5)n4c3)cc(C#N)c21. The molecule has 12 nitrogen and oxygen atoms in total. The molecule has 2 aliphatic rings. The largest absolute Gasteiger partial charge is 0.448 e. The summed E-state index contributed by atoms with van der Waals surface area (Å²) in [6, 6.07) is 12.1. The summed E-state index contributed by atoms with van der Waals surface area (Å²) < 4.78 is 13.1. The molecule has 0 radical (unpaired) electrons. The number of amides is 2. The molecule has 4 aromatic rings. The molecule has 2 amide bonds. The normalized spacial score (nSPS) is 15.1. The van der Waals surface area contributed by atoms with Crippen molar-refractivity contribution in [2.24, 2.45) is 0 Å². The zero-order valence-electron chi connectivity index (χ0n) is 29.4. The van der Waals surface area contributed by atoms with Gasteiger partial charge < -0.3 is 24.2 Å². The van der Waals surface area contributed by atoms with Crippen molar-refractivity contribution in [1.29, 1.82) is 5.26 Å². The summed E-state index contributed by atoms with van der Waals surface area (Å²) in [7, 11) is 0. The third-order valence-corrected chi connectivity index (χ3v) is 9.82. The molecular formula is C38H45N7O5. The number of hydrazine groups is 1. The van der Waals surface area contributed by atoms with Gasteiger partial charge in [-0.25, -0.2) is 10.2 Å². The predicted molar refractivity (Wildman–Crippen MR) is 191 cm³/mol. The number of rotatable bonds is 10. The van der Waals surface area contributed by atoms with E-state index in [2.05, 4.69) is 50.3 Å². The zero-order valence-corrected chi connectivity index (χ0v) is 29.4. The minimum atomic E-state index is -0.532. The van der Waals surface area contributed by atoms with Crippen LogP contribution >= 0.6 is 0 Å². The highest BCUT2D eigenvalue weighted by molar-refractivity contribution is 5.97. The molecule has 5 heterocycles. The molecule has 0 aliphatic carbocycles. The van der Waals surface area contributed by atoms with Gasteiger partial charge in [-0.05, 0) is 93.1 Å². The van der Waals surface area contributed by atoms with Crippen molar-refractivity contribution in [3.8, 4) is 17.2 Å². The first-order valence-electron chi connectivity index (χ1n) is 17.3. The fourth-order valence-corrected chi connectivity index (χ4v) is 7.15. The van der Waals surface area contributed by atoms with E-state index in [-0.39, 0.29) is 24.1 Å². The van der Waals surface area contributed by atoms with Crippen molar-refractivity contribution in [2.45, 2.75) is 66.5 Å². The van der Waals surface area contributed by atoms with Crippen LogP contribution in [0.15, 0.2) is 41.3 Å². The number of aryl methyl sites for hydroxylation is 2. The Bertz CT molecular complexity index is 2040. The van der Waals surface area contributed by atoms with Gasteiger partial charge in [0.15, 0.2) is 0 Å². The topological polar surface area (TPSA) is 144 Å². The number of nitriles is 1. The minimum Gasteiger partial charge on any atom is -0.448 e. The van der Waals surface area contributed by atoms with E-state index >= 15 is 0 Å². The van der Waals surface area contributed by atoms with Crippen molar-refractivity contribution in [3.05, 3.63) is 91.7 Å². The Morgan fingerprint density at radius 3 is 2.58 bits per heavy atom. The maximum absolute atomic E-state index is 13.8. The molecule has 3 N–H and O–H groups in total. The van der Waals surface area contributed by atoms with Gasteiger partial charge in [-0.3, -0.25) is 19.5 Å². The molecule has 6 rings (SSSR count). The van der Waals surface area contributed by atoms with Crippen molar-refractivity contribution in [1.82, 2.24) is 25.0 Å². The first-order chi connectivity index (χ1) is 24.1. The van der Waals surface area contributed by atoms with Crippen molar-refractivity contribution in [3.63, 3.8) is 0 Å². The molecule has 50 heavy (non-hydrogen) atoms. The maximum Gasteiger partial charge on any atom is 0.426 e. The van der Waals surface area contributed by atoms with Gasteiger partial charge in [0.1, 0.15) is 6.07 Å². The number of nitrogens with zero attached hydrogens (tertiary/aromatic N) is 4. The smallest absolute Gasteiger partial charge is 0.426 e. The number of benzene rings is 1. The van der Waals surface area contributed by atoms with Crippen molar-refractivity contribution < 1.29 is 19.1 Å². The molecular weight excluding hydrogens is 634 g/mol. The van der Waals surface area contributed by atoms with Crippen molar-refractivity contribution >= 4 is 23.2 Å². The highest BCUT2D eigenvalue weighted by Crippen LogP contribution is 2.37. The summed E-state index contributed by atoms with van der Waals surface area (Å²) in [5.41, 5.74) is 11.8. The third kappa shape index (κ3) is 6.97. The predicted octanol–water partition coefficient (Wildman–Crippen LogP) is 5.22. The van der Waals surface area contributed by atoms with E-state index < -0.39 is 6.09 Å². The number of carbonyl (C=O) groups excluding carboxylic acids is 2. The van der Waals surface area contributed by atoms with E-state index in [1.165, 1.54) is 0 Å². The van der Waals surface area contributed by atoms with Gasteiger partial charge in [-0.1, -0.05) is 13.3 Å². The van der Waals surface area contributed by atoms with Crippen LogP contribution in [-0.4, -0.2) is 65.7 Å². The number of hydrogen-bond donors (Lipinski definition) is 3. The lowest BCUT2D eigenvalue weighted by molar-refractivity contribution is 0.0187. The van der Waals surface area contributed by atoms with E-state index in [0.717, 1.165) is 70.7 Å². The number of H-pyrrole nitrogens is 1. The Morgan fingerprint density at radius 1 is 1.08 bits per heavy atom. The summed E-state index contributed by atoms with van der Waals surface area (Å²) in [6.45, 7) is 13.7. The minimum absolute atomic E-state index is 0.0250. The zero-order chi connectivity index (χ0) is 35.5. The Balaban J connectivity index is 1.36. The molecule has 0 bridgehead atoms. The number of aromatic amines is 1. The quantitative estimate of drug-likeness (QED) is 0.194. The molecule has 1 aromatic carbocycles. The number of fused-ring (bicyclic) bond motifs is 2. The number of unbranched alkanes of at least 4 members (excludes halogenated alkanes) is 1. The standard InChI is InChI=1S/C38H45N7O5/c1-6-7-12-50-38(48)42-45-9-8-27-16-28(17-29(20-39)35(27)45)30-18-31-19-32(36(46)40-21-33-23(2)15-24(3)41-37(33)47)25(4)34(44(31)22-30)26(5)43-10-13-49-14-11-43/h15-19,22,26H,6-14,21H2,1-5H3,(H,40,46)(H,41,47)(H,42,48). The summed E-state index contributed by atoms with van der Waals surface area (Å²) in [4.78, 5) is 44.1. The number of anilines is 1. The van der Waals surface area contributed by atoms with Crippen LogP contribution in [0.3, 0.4) is 0 Å². The molecule has 3 aromatic heterocycles. The van der Waals surface area contributed by atoms with Crippen LogP contribution in [0.2, 0.25) is 0 Å². The van der Waals surface area contributed by atoms with Gasteiger partial charge in [0.25, 0.3) is 11.5 Å². The lowest BCUT2D eigenvalue weighted by Crippen LogP contribution is -2.42. The fraction of sp³-hybridized carbons (Fsp3) is 0.421. The fourth-order valence-electron chi connectivity index (χ4n) is 7.15. The maximum atomic E-state index is 13.8. The van der Waals surface area contributed by atoms with Crippen LogP contribution in [0.1, 0.15) is 82.3 Å². The highest BCUT2D eigenvalue weighted by atomic mass is 16.6. The number of morpholine rings is 1. The lowest BCUT2D eigenvalue weighted by Gasteiger charge is -2.34. The second-order valence-electron chi connectivity index (χ2n) is 13.2. The summed E-state index contributed by atoms with van der Waals surface area (Å²) >= 11 is 0. The van der Waals surface area contributed by atoms with Crippen LogP contribution in [0, 0.1) is 32.1 Å². The monoisotopic (exact) mass is 679 g/mol. The number of aromatic nitrogens is 2. The summed E-state index contributed by atoms with van der Waals surface area (Å²) in [5.74, 6) is -0.257. The average molecular weight is 680 g/mol. The van der Waals surface area contributed by atoms with Crippen LogP contribution in [0.4, 0.5) is 10.5 Å². The third-order valence-electron chi connectivity index (χ3n) is 9.82. The number of hydrogen-bond acceptors (Lipinski definition) is 8. The number of ether oxygens (including phenoxy) is 2. The van der Waals surface area contributed by atoms with Gasteiger partial charge >= 0.3 is 6.09 Å². The molecule has 1 fully saturated rings. The Kier molecular flexibility index (Phi) is 10.3. The summed E-state index contributed by atoms with van der Waals surface area (Å²) in [6.07, 6.45) is 3.91. The number of pyridine rings is 2. The lowest BCUT2D eigenvalue weighted by atomic mass is 9.99. The van der Waals surface area contributed by atoms with Crippen LogP contribution in [-0.2, 0) is 22.4 Å². The highest BCUT2D eigenvalue weighted by Gasteiger charge is 2.28. The first kappa shape index (κ1) is 34.7. The Hall–Kier alpha value is -5.12. The second kappa shape index (κ2) is 14.8. The van der Waals surface area contributed by atoms with E-state index in [0.29, 0.717) is 55.2 Å². The van der Waals surface area contributed by atoms with E-state index in [4.69, 9.17) is 9.47 Å². The molecule has 1 unspecified atom stereocenters. The van der Waals surface area contributed by atoms with Gasteiger partial charge in [0, 0.05) is 72.0 Å². The Morgan fingerprint density at radius 2 is 1.86 bits per heavy atom. The van der Waals surface area contributed by atoms with Crippen LogP contribution < -0.4 is 21.3 Å². The average Bonchev–Trinajstić information content (AvgIpc) is 3.71. The van der Waals surface area contributed by atoms with Gasteiger partial charge in [-0.2, -0.15) is 5.26 Å². The van der Waals surface area contributed by atoms with Gasteiger partial charge in [0.2, 0.25) is 0 Å². The molecule has 2 aliphatic heterocycles. The van der Waals surface area contributed by atoms with E-state index in [9.17, 15) is 19.6 Å². The molecule has 0 spiro atoms. The molecule has 0 saturated carbocycles. The Labute approximate surface area is 291 Å². The number of nitrogens with one attached hydrogen (secondary N) is 3. The first-order valence-corrected chi connectivity index (χ1v) is 17.3. The van der Waals surface area contributed by atoms with Gasteiger partial charge in [0.05, 0.1) is 31.1 Å². The summed E-state index contributed by atoms with van der Waals surface area (Å²) in [5, 5.41) is 14.9. The molecule has 1 saturated heterocycles. The van der Waals surface area contributed by atoms with E-state index in [1.807, 2.05) is 52.0 Å². The molecule has 1 atom stereocenters. The number of carbonyl (C=O) groups is 2. The van der Waals surface area contributed by atoms with Crippen molar-refractivity contribution in [2.75, 3.05) is 44.5 Å². The van der Waals surface area contributed by atoms with E-state index in [1.54, 1.807) is 5.01 Å². The molecule has 262 valence electrons. The van der Waals surface area contributed by atoms with Crippen LogP contribution in [0.5, 0.6) is 0 Å². The van der Waals surface area contributed by atoms with Gasteiger partial charge in [-0.15, -0.1) is 0 Å².